The van der Waals surface area contributed by atoms with Gasteiger partial charge in [-0.3, -0.25) is 0 Å². The molecule has 0 saturated heterocycles. The van der Waals surface area contributed by atoms with E-state index in [2.05, 4.69) is 35.4 Å². The van der Waals surface area contributed by atoms with E-state index in [1.54, 1.807) is 0 Å². The van der Waals surface area contributed by atoms with E-state index in [0.717, 1.165) is 28.9 Å². The largest absolute Gasteiger partial charge is 0.315 e. The van der Waals surface area contributed by atoms with Crippen molar-refractivity contribution in [2.45, 2.75) is 50.4 Å². The van der Waals surface area contributed by atoms with Gasteiger partial charge in [-0.15, -0.1) is 0 Å². The van der Waals surface area contributed by atoms with E-state index < -0.39 is 0 Å². The fourth-order valence-corrected chi connectivity index (χ4v) is 3.17. The molecule has 16 heavy (non-hydrogen) atoms. The zero-order valence-electron chi connectivity index (χ0n) is 10.3. The summed E-state index contributed by atoms with van der Waals surface area (Å²) >= 11 is 3.36. The first kappa shape index (κ1) is 13.9. The van der Waals surface area contributed by atoms with Crippen LogP contribution in [0, 0.1) is 0 Å². The van der Waals surface area contributed by atoms with E-state index in [1.807, 2.05) is 11.8 Å². The third-order valence-corrected chi connectivity index (χ3v) is 4.28. The van der Waals surface area contributed by atoms with Crippen molar-refractivity contribution < 1.29 is 0 Å². The lowest BCUT2D eigenvalue weighted by atomic mass is 10.2. The topological polar surface area (TPSA) is 37.8 Å². The number of nitrogens with zero attached hydrogens (tertiary/aromatic N) is 2. The van der Waals surface area contributed by atoms with Crippen molar-refractivity contribution in [2.75, 3.05) is 12.3 Å². The van der Waals surface area contributed by atoms with E-state index in [-0.39, 0.29) is 0 Å². The summed E-state index contributed by atoms with van der Waals surface area (Å²) in [5, 5.41) is 3.42. The molecule has 0 amide bonds. The van der Waals surface area contributed by atoms with Gasteiger partial charge in [-0.05, 0) is 37.8 Å². The van der Waals surface area contributed by atoms with Crippen LogP contribution in [0.15, 0.2) is 4.34 Å². The lowest BCUT2D eigenvalue weighted by Crippen LogP contribution is -2.25. The first-order valence-corrected chi connectivity index (χ1v) is 7.70. The van der Waals surface area contributed by atoms with Gasteiger partial charge in [-0.1, -0.05) is 25.6 Å². The molecule has 0 radical (unpaired) electrons. The molecule has 0 aromatic carbocycles. The van der Waals surface area contributed by atoms with Crippen LogP contribution in [-0.4, -0.2) is 27.7 Å². The lowest BCUT2D eigenvalue weighted by Gasteiger charge is -2.10. The Morgan fingerprint density at radius 2 is 2.25 bits per heavy atom. The number of aryl methyl sites for hydroxylation is 1. The van der Waals surface area contributed by atoms with Gasteiger partial charge in [0.05, 0.1) is 0 Å². The van der Waals surface area contributed by atoms with Gasteiger partial charge in [-0.25, -0.2) is 4.98 Å². The highest BCUT2D eigenvalue weighted by molar-refractivity contribution is 8.00. The molecule has 1 N–H and O–H groups in total. The Hall–Kier alpha value is -0.130. The number of aromatic nitrogens is 2. The molecule has 3 nitrogen and oxygen atoms in total. The number of rotatable bonds is 8. The summed E-state index contributed by atoms with van der Waals surface area (Å²) in [4.78, 5) is 4.44. The number of hydrogen-bond donors (Lipinski definition) is 1. The van der Waals surface area contributed by atoms with Crippen molar-refractivity contribution in [3.05, 3.63) is 5.82 Å². The number of hydrogen-bond acceptors (Lipinski definition) is 5. The van der Waals surface area contributed by atoms with E-state index in [4.69, 9.17) is 0 Å². The molecule has 1 unspecified atom stereocenters. The molecule has 1 aromatic rings. The molecule has 1 atom stereocenters. The molecule has 0 aliphatic rings. The quantitative estimate of drug-likeness (QED) is 0.575. The van der Waals surface area contributed by atoms with Gasteiger partial charge in [0.1, 0.15) is 5.82 Å². The Bertz CT molecular complexity index is 289. The van der Waals surface area contributed by atoms with Crippen LogP contribution in [0.3, 0.4) is 0 Å². The maximum Gasteiger partial charge on any atom is 0.170 e. The fourth-order valence-electron chi connectivity index (χ4n) is 1.44. The maximum absolute atomic E-state index is 4.44. The molecule has 0 aliphatic heterocycles. The van der Waals surface area contributed by atoms with E-state index in [9.17, 15) is 0 Å². The summed E-state index contributed by atoms with van der Waals surface area (Å²) in [6, 6.07) is 0.631. The molecule has 0 bridgehead atoms. The van der Waals surface area contributed by atoms with Crippen LogP contribution in [0.2, 0.25) is 0 Å². The zero-order chi connectivity index (χ0) is 11.8. The van der Waals surface area contributed by atoms with Crippen molar-refractivity contribution in [1.82, 2.24) is 14.7 Å². The molecule has 1 heterocycles. The van der Waals surface area contributed by atoms with Crippen LogP contribution in [0.1, 0.15) is 39.4 Å². The third kappa shape index (κ3) is 5.27. The fraction of sp³-hybridized carbons (Fsp3) is 0.818. The second kappa shape index (κ2) is 8.03. The minimum Gasteiger partial charge on any atom is -0.315 e. The smallest absolute Gasteiger partial charge is 0.170 e. The highest BCUT2D eigenvalue weighted by Gasteiger charge is 2.03. The summed E-state index contributed by atoms with van der Waals surface area (Å²) in [5.41, 5.74) is 0. The molecule has 92 valence electrons. The van der Waals surface area contributed by atoms with Crippen molar-refractivity contribution >= 4 is 23.3 Å². The van der Waals surface area contributed by atoms with Gasteiger partial charge in [-0.2, -0.15) is 4.37 Å². The monoisotopic (exact) mass is 259 g/mol. The molecule has 0 aliphatic carbocycles. The van der Waals surface area contributed by atoms with Crippen LogP contribution in [0.5, 0.6) is 0 Å². The van der Waals surface area contributed by atoms with E-state index in [1.165, 1.54) is 24.4 Å². The predicted octanol–water partition coefficient (Wildman–Crippen LogP) is 2.97. The van der Waals surface area contributed by atoms with E-state index in [0.29, 0.717) is 6.04 Å². The Labute approximate surface area is 107 Å². The summed E-state index contributed by atoms with van der Waals surface area (Å²) in [6.07, 6.45) is 3.41. The number of thioether (sulfide) groups is 1. The Kier molecular flexibility index (Phi) is 7.00. The Balaban J connectivity index is 2.11. The molecular formula is C11H21N3S2. The first-order chi connectivity index (χ1) is 7.76. The standard InChI is InChI=1S/C11H21N3S2/c1-4-10-13-11(16-14-10)15-8-6-7-9(3)12-5-2/h9,12H,4-8H2,1-3H3. The zero-order valence-corrected chi connectivity index (χ0v) is 12.0. The van der Waals surface area contributed by atoms with E-state index >= 15 is 0 Å². The van der Waals surface area contributed by atoms with Gasteiger partial charge < -0.3 is 5.32 Å². The van der Waals surface area contributed by atoms with Gasteiger partial charge in [0.15, 0.2) is 4.34 Å². The van der Waals surface area contributed by atoms with Crippen LogP contribution in [-0.2, 0) is 6.42 Å². The van der Waals surface area contributed by atoms with Gasteiger partial charge in [0, 0.05) is 18.2 Å². The highest BCUT2D eigenvalue weighted by atomic mass is 32.2. The predicted molar refractivity (Wildman–Crippen MR) is 72.4 cm³/mol. The molecule has 1 aromatic heterocycles. The van der Waals surface area contributed by atoms with Crippen molar-refractivity contribution in [3.8, 4) is 0 Å². The minimum absolute atomic E-state index is 0.631. The van der Waals surface area contributed by atoms with Crippen LogP contribution in [0.4, 0.5) is 0 Å². The second-order valence-electron chi connectivity index (χ2n) is 3.78. The average molecular weight is 259 g/mol. The molecule has 0 spiro atoms. The summed E-state index contributed by atoms with van der Waals surface area (Å²) < 4.78 is 5.39. The van der Waals surface area contributed by atoms with Crippen molar-refractivity contribution in [2.24, 2.45) is 0 Å². The lowest BCUT2D eigenvalue weighted by molar-refractivity contribution is 0.526. The van der Waals surface area contributed by atoms with Gasteiger partial charge in [0.2, 0.25) is 0 Å². The Morgan fingerprint density at radius 3 is 2.88 bits per heavy atom. The Morgan fingerprint density at radius 1 is 1.44 bits per heavy atom. The van der Waals surface area contributed by atoms with Crippen LogP contribution >= 0.6 is 23.3 Å². The summed E-state index contributed by atoms with van der Waals surface area (Å²) in [5.74, 6) is 2.13. The highest BCUT2D eigenvalue weighted by Crippen LogP contribution is 2.21. The van der Waals surface area contributed by atoms with Crippen molar-refractivity contribution in [3.63, 3.8) is 0 Å². The van der Waals surface area contributed by atoms with Gasteiger partial charge in [0.25, 0.3) is 0 Å². The normalized spacial score (nSPS) is 12.9. The average Bonchev–Trinajstić information content (AvgIpc) is 2.73. The third-order valence-electron chi connectivity index (χ3n) is 2.33. The molecular weight excluding hydrogens is 238 g/mol. The molecule has 0 saturated carbocycles. The SMILES string of the molecule is CCNC(C)CCCSc1nc(CC)ns1. The van der Waals surface area contributed by atoms with Crippen LogP contribution < -0.4 is 5.32 Å². The summed E-state index contributed by atoms with van der Waals surface area (Å²) in [6.45, 7) is 7.55. The molecule has 1 rings (SSSR count). The second-order valence-corrected chi connectivity index (χ2v) is 5.87. The van der Waals surface area contributed by atoms with Crippen molar-refractivity contribution in [1.29, 1.82) is 0 Å². The first-order valence-electron chi connectivity index (χ1n) is 5.95. The van der Waals surface area contributed by atoms with Gasteiger partial charge >= 0.3 is 0 Å². The molecule has 0 fully saturated rings. The number of nitrogens with one attached hydrogen (secondary N) is 1. The maximum atomic E-state index is 4.44. The summed E-state index contributed by atoms with van der Waals surface area (Å²) in [7, 11) is 0. The molecule has 5 heteroatoms. The van der Waals surface area contributed by atoms with Crippen LogP contribution in [0.25, 0.3) is 0 Å². The minimum atomic E-state index is 0.631.